The molecule has 0 aliphatic carbocycles. The third-order valence-electron chi connectivity index (χ3n) is 3.01. The molecule has 0 radical (unpaired) electrons. The molecule has 0 heterocycles. The van der Waals surface area contributed by atoms with Gasteiger partial charge in [0.2, 0.25) is 5.91 Å². The molecule has 0 saturated carbocycles. The van der Waals surface area contributed by atoms with Gasteiger partial charge in [-0.1, -0.05) is 18.2 Å². The Morgan fingerprint density at radius 2 is 1.76 bits per heavy atom. The summed E-state index contributed by atoms with van der Waals surface area (Å²) in [6.07, 6.45) is -0.201. The van der Waals surface area contributed by atoms with Gasteiger partial charge in [-0.15, -0.1) is 0 Å². The summed E-state index contributed by atoms with van der Waals surface area (Å²) in [5.41, 5.74) is -1.09. The second-order valence-electron chi connectivity index (χ2n) is 5.35. The lowest BCUT2D eigenvalue weighted by atomic mass is 9.94. The number of carbonyl (C=O) groups excluding carboxylic acids is 1. The van der Waals surface area contributed by atoms with E-state index in [9.17, 15) is 18.0 Å². The van der Waals surface area contributed by atoms with Crippen LogP contribution in [0.15, 0.2) is 35.2 Å². The van der Waals surface area contributed by atoms with Gasteiger partial charge in [-0.3, -0.25) is 9.59 Å². The number of benzene rings is 1. The zero-order chi connectivity index (χ0) is 16.1. The minimum Gasteiger partial charge on any atom is -0.481 e. The van der Waals surface area contributed by atoms with Crippen LogP contribution in [0, 0.1) is 5.41 Å². The van der Waals surface area contributed by atoms with Gasteiger partial charge in [-0.2, -0.15) is 0 Å². The molecule has 1 aromatic carbocycles. The molecule has 0 spiro atoms. The normalized spacial score (nSPS) is 11.9. The van der Waals surface area contributed by atoms with E-state index < -0.39 is 27.1 Å². The Balaban J connectivity index is 2.52. The highest BCUT2D eigenvalue weighted by atomic mass is 32.2. The SMILES string of the molecule is CC(C)(CNC(=O)CCS(=O)(=O)c1ccccc1)C(=O)O. The van der Waals surface area contributed by atoms with Crippen molar-refractivity contribution in [1.29, 1.82) is 0 Å². The van der Waals surface area contributed by atoms with E-state index in [0.717, 1.165) is 0 Å². The molecule has 1 rings (SSSR count). The zero-order valence-electron chi connectivity index (χ0n) is 12.0. The number of carbonyl (C=O) groups is 2. The monoisotopic (exact) mass is 313 g/mol. The van der Waals surface area contributed by atoms with E-state index in [-0.39, 0.29) is 23.6 Å². The molecule has 0 fully saturated rings. The lowest BCUT2D eigenvalue weighted by Crippen LogP contribution is -2.39. The first-order valence-corrected chi connectivity index (χ1v) is 8.08. The van der Waals surface area contributed by atoms with Crippen LogP contribution in [0.2, 0.25) is 0 Å². The highest BCUT2D eigenvalue weighted by molar-refractivity contribution is 7.91. The highest BCUT2D eigenvalue weighted by Gasteiger charge is 2.27. The Kier molecular flexibility index (Phi) is 5.48. The number of hydrogen-bond donors (Lipinski definition) is 2. The van der Waals surface area contributed by atoms with Gasteiger partial charge >= 0.3 is 5.97 Å². The Labute approximate surface area is 124 Å². The average molecular weight is 313 g/mol. The third kappa shape index (κ3) is 5.18. The van der Waals surface area contributed by atoms with Crippen LogP contribution in [0.4, 0.5) is 0 Å². The number of hydrogen-bond acceptors (Lipinski definition) is 4. The predicted octanol–water partition coefficient (Wildman–Crippen LogP) is 1.08. The fourth-order valence-corrected chi connectivity index (χ4v) is 2.72. The van der Waals surface area contributed by atoms with Crippen LogP contribution in [-0.4, -0.2) is 37.7 Å². The average Bonchev–Trinajstić information content (AvgIpc) is 2.44. The van der Waals surface area contributed by atoms with Gasteiger partial charge in [0.05, 0.1) is 16.1 Å². The van der Waals surface area contributed by atoms with Crippen LogP contribution in [0.3, 0.4) is 0 Å². The number of carboxylic acids is 1. The Bertz CT molecular complexity index is 608. The van der Waals surface area contributed by atoms with E-state index in [0.29, 0.717) is 0 Å². The van der Waals surface area contributed by atoms with Crippen LogP contribution in [0.25, 0.3) is 0 Å². The first kappa shape index (κ1) is 17.2. The van der Waals surface area contributed by atoms with Crippen molar-refractivity contribution in [2.75, 3.05) is 12.3 Å². The van der Waals surface area contributed by atoms with E-state index in [2.05, 4.69) is 5.32 Å². The number of rotatable bonds is 7. The minimum absolute atomic E-state index is 0.0491. The standard InChI is InChI=1S/C14H19NO5S/c1-14(2,13(17)18)10-15-12(16)8-9-21(19,20)11-6-4-3-5-7-11/h3-7H,8-10H2,1-2H3,(H,15,16)(H,17,18). The molecule has 0 saturated heterocycles. The van der Waals surface area contributed by atoms with E-state index in [1.165, 1.54) is 26.0 Å². The molecule has 0 aromatic heterocycles. The van der Waals surface area contributed by atoms with Gasteiger partial charge in [-0.25, -0.2) is 8.42 Å². The first-order valence-electron chi connectivity index (χ1n) is 6.43. The summed E-state index contributed by atoms with van der Waals surface area (Å²) in [5, 5.41) is 11.4. The minimum atomic E-state index is -3.50. The van der Waals surface area contributed by atoms with Crippen LogP contribution < -0.4 is 5.32 Å². The molecule has 6 nitrogen and oxygen atoms in total. The molecule has 2 N–H and O–H groups in total. The van der Waals surface area contributed by atoms with Gasteiger partial charge in [0.15, 0.2) is 9.84 Å². The van der Waals surface area contributed by atoms with Crippen molar-refractivity contribution in [3.8, 4) is 0 Å². The van der Waals surface area contributed by atoms with Crippen molar-refractivity contribution >= 4 is 21.7 Å². The van der Waals surface area contributed by atoms with Gasteiger partial charge in [-0.05, 0) is 26.0 Å². The van der Waals surface area contributed by atoms with Gasteiger partial charge in [0.25, 0.3) is 0 Å². The molecule has 1 amide bonds. The van der Waals surface area contributed by atoms with Gasteiger partial charge < -0.3 is 10.4 Å². The van der Waals surface area contributed by atoms with Crippen LogP contribution in [0.5, 0.6) is 0 Å². The maximum absolute atomic E-state index is 12.0. The molecule has 116 valence electrons. The molecule has 1 aromatic rings. The maximum Gasteiger partial charge on any atom is 0.310 e. The van der Waals surface area contributed by atoms with Crippen LogP contribution in [-0.2, 0) is 19.4 Å². The summed E-state index contributed by atoms with van der Waals surface area (Å²) in [7, 11) is -3.50. The smallest absolute Gasteiger partial charge is 0.310 e. The van der Waals surface area contributed by atoms with Crippen molar-refractivity contribution in [2.45, 2.75) is 25.2 Å². The van der Waals surface area contributed by atoms with E-state index in [1.807, 2.05) is 0 Å². The second kappa shape index (κ2) is 6.71. The molecule has 21 heavy (non-hydrogen) atoms. The fourth-order valence-electron chi connectivity index (χ4n) is 1.46. The first-order chi connectivity index (χ1) is 9.65. The quantitative estimate of drug-likeness (QED) is 0.784. The van der Waals surface area contributed by atoms with Gasteiger partial charge in [0.1, 0.15) is 0 Å². The Morgan fingerprint density at radius 1 is 1.19 bits per heavy atom. The summed E-state index contributed by atoms with van der Waals surface area (Å²) in [6.45, 7) is 2.92. The lowest BCUT2D eigenvalue weighted by Gasteiger charge is -2.19. The molecule has 0 atom stereocenters. The largest absolute Gasteiger partial charge is 0.481 e. The summed E-state index contributed by atoms with van der Waals surface area (Å²) in [4.78, 5) is 22.7. The van der Waals surface area contributed by atoms with Gasteiger partial charge in [0, 0.05) is 13.0 Å². The lowest BCUT2D eigenvalue weighted by molar-refractivity contribution is -0.146. The summed E-state index contributed by atoms with van der Waals surface area (Å²) in [5.74, 6) is -1.82. The van der Waals surface area contributed by atoms with Crippen molar-refractivity contribution in [3.63, 3.8) is 0 Å². The van der Waals surface area contributed by atoms with E-state index >= 15 is 0 Å². The van der Waals surface area contributed by atoms with E-state index in [4.69, 9.17) is 5.11 Å². The summed E-state index contributed by atoms with van der Waals surface area (Å²) in [6, 6.07) is 7.88. The molecule has 0 aliphatic rings. The predicted molar refractivity (Wildman–Crippen MR) is 77.5 cm³/mol. The highest BCUT2D eigenvalue weighted by Crippen LogP contribution is 2.14. The van der Waals surface area contributed by atoms with Crippen LogP contribution in [0.1, 0.15) is 20.3 Å². The molecular formula is C14H19NO5S. The topological polar surface area (TPSA) is 101 Å². The second-order valence-corrected chi connectivity index (χ2v) is 7.46. The number of amides is 1. The number of sulfone groups is 1. The molecular weight excluding hydrogens is 294 g/mol. The molecule has 0 aliphatic heterocycles. The Hall–Kier alpha value is -1.89. The Morgan fingerprint density at radius 3 is 2.29 bits per heavy atom. The summed E-state index contributed by atoms with van der Waals surface area (Å²) >= 11 is 0. The van der Waals surface area contributed by atoms with Crippen molar-refractivity contribution in [2.24, 2.45) is 5.41 Å². The number of nitrogens with one attached hydrogen (secondary N) is 1. The number of aliphatic carboxylic acids is 1. The van der Waals surface area contributed by atoms with Crippen molar-refractivity contribution in [3.05, 3.63) is 30.3 Å². The fraction of sp³-hybridized carbons (Fsp3) is 0.429. The summed E-state index contributed by atoms with van der Waals surface area (Å²) < 4.78 is 23.9. The van der Waals surface area contributed by atoms with Crippen molar-refractivity contribution < 1.29 is 23.1 Å². The molecule has 7 heteroatoms. The van der Waals surface area contributed by atoms with E-state index in [1.54, 1.807) is 18.2 Å². The maximum atomic E-state index is 12.0. The number of carboxylic acid groups (broad SMARTS) is 1. The zero-order valence-corrected chi connectivity index (χ0v) is 12.8. The molecule has 0 bridgehead atoms. The van der Waals surface area contributed by atoms with Crippen molar-refractivity contribution in [1.82, 2.24) is 5.32 Å². The molecule has 0 unspecified atom stereocenters. The van der Waals surface area contributed by atoms with Crippen LogP contribution >= 0.6 is 0 Å². The third-order valence-corrected chi connectivity index (χ3v) is 4.74.